The molecular weight excluding hydrogens is 612 g/mol. The summed E-state index contributed by atoms with van der Waals surface area (Å²) in [4.78, 5) is 36.6. The van der Waals surface area contributed by atoms with Gasteiger partial charge in [0.15, 0.2) is 5.82 Å². The minimum atomic E-state index is -4.69. The van der Waals surface area contributed by atoms with Crippen molar-refractivity contribution in [3.05, 3.63) is 111 Å². The third-order valence-electron chi connectivity index (χ3n) is 7.78. The predicted octanol–water partition coefficient (Wildman–Crippen LogP) is 6.31. The largest absolute Gasteiger partial charge is 0.432 e. The molecule has 1 aliphatic rings. The van der Waals surface area contributed by atoms with Crippen molar-refractivity contribution in [2.24, 2.45) is 7.05 Å². The summed E-state index contributed by atoms with van der Waals surface area (Å²) in [6, 6.07) is 0.884. The van der Waals surface area contributed by atoms with Gasteiger partial charge in [0.25, 0.3) is 11.5 Å². The van der Waals surface area contributed by atoms with Crippen LogP contribution in [0.25, 0.3) is 17.0 Å². The van der Waals surface area contributed by atoms with Gasteiger partial charge in [0.05, 0.1) is 11.5 Å². The lowest BCUT2D eigenvalue weighted by Crippen LogP contribution is -2.35. The minimum absolute atomic E-state index is 0.0513. The highest BCUT2D eigenvalue weighted by molar-refractivity contribution is 5.99. The normalized spacial score (nSPS) is 18.3. The Bertz CT molecular complexity index is 1710. The lowest BCUT2D eigenvalue weighted by atomic mass is 9.89. The number of aromatic nitrogens is 3. The maximum atomic E-state index is 14.6. The molecule has 0 spiro atoms. The third kappa shape index (κ3) is 8.75. The summed E-state index contributed by atoms with van der Waals surface area (Å²) >= 11 is 0. The number of hydrogen-bond donors (Lipinski definition) is 2. The number of hydrogen-bond acceptors (Lipinski definition) is 6. The number of aryl methyl sites for hydroxylation is 1. The van der Waals surface area contributed by atoms with Crippen LogP contribution in [-0.4, -0.2) is 58.2 Å². The smallest absolute Gasteiger partial charge is 0.382 e. The van der Waals surface area contributed by atoms with Gasteiger partial charge in [-0.05, 0) is 74.1 Å². The second-order valence-electron chi connectivity index (χ2n) is 11.2. The molecule has 2 N–H and O–H groups in total. The molecule has 47 heavy (non-hydrogen) atoms. The van der Waals surface area contributed by atoms with E-state index < -0.39 is 29.6 Å². The summed E-state index contributed by atoms with van der Waals surface area (Å²) in [6.45, 7) is 10.8. The molecule has 3 heterocycles. The van der Waals surface area contributed by atoms with E-state index in [2.05, 4.69) is 27.2 Å². The highest BCUT2D eigenvalue weighted by atomic mass is 19.4. The van der Waals surface area contributed by atoms with Gasteiger partial charge in [0.2, 0.25) is 0 Å². The van der Waals surface area contributed by atoms with E-state index in [0.29, 0.717) is 53.9 Å². The first kappa shape index (κ1) is 36.7. The number of rotatable bonds is 10. The molecule has 0 saturated carbocycles. The average molecular weight is 655 g/mol. The second-order valence-corrected chi connectivity index (χ2v) is 11.2. The maximum Gasteiger partial charge on any atom is 0.432 e. The average Bonchev–Trinajstić information content (AvgIpc) is 3.02. The molecule has 12 heteroatoms. The Morgan fingerprint density at radius 1 is 1.17 bits per heavy atom. The predicted molar refractivity (Wildman–Crippen MR) is 178 cm³/mol. The molecule has 0 unspecified atom stereocenters. The quantitative estimate of drug-likeness (QED) is 0.177. The van der Waals surface area contributed by atoms with E-state index in [1.807, 2.05) is 6.92 Å². The van der Waals surface area contributed by atoms with Crippen LogP contribution in [0.15, 0.2) is 94.3 Å². The van der Waals surface area contributed by atoms with Crippen molar-refractivity contribution < 1.29 is 22.4 Å². The molecule has 0 bridgehead atoms. The number of nitrogens with one attached hydrogen (secondary N) is 2. The van der Waals surface area contributed by atoms with Crippen molar-refractivity contribution in [2.45, 2.75) is 59.2 Å². The fourth-order valence-electron chi connectivity index (χ4n) is 5.25. The van der Waals surface area contributed by atoms with Crippen LogP contribution in [0.1, 0.15) is 51.7 Å². The van der Waals surface area contributed by atoms with Crippen molar-refractivity contribution in [3.63, 3.8) is 0 Å². The summed E-state index contributed by atoms with van der Waals surface area (Å²) in [5.74, 6) is -0.636. The Morgan fingerprint density at radius 2 is 1.83 bits per heavy atom. The van der Waals surface area contributed by atoms with Crippen molar-refractivity contribution in [3.8, 4) is 11.4 Å². The first-order chi connectivity index (χ1) is 22.1. The van der Waals surface area contributed by atoms with Crippen molar-refractivity contribution in [1.29, 1.82) is 0 Å². The molecule has 2 aromatic heterocycles. The van der Waals surface area contributed by atoms with E-state index in [9.17, 15) is 27.2 Å². The van der Waals surface area contributed by atoms with Crippen LogP contribution in [-0.2, 0) is 18.3 Å². The summed E-state index contributed by atoms with van der Waals surface area (Å²) in [5.41, 5.74) is 1.69. The van der Waals surface area contributed by atoms with Gasteiger partial charge in [0, 0.05) is 74.6 Å². The number of halogens is 4. The Hall–Kier alpha value is -4.74. The molecule has 0 aliphatic carbocycles. The number of likely N-dealkylation sites (N-methyl/N-ethyl adjacent to an activating group) is 1. The molecule has 2 aromatic rings. The van der Waals surface area contributed by atoms with Crippen molar-refractivity contribution >= 4 is 11.5 Å². The Labute approximate surface area is 273 Å². The number of amides is 1. The number of nitrogens with zero attached hydrogens (tertiary/aromatic N) is 4. The fraction of sp³-hybridized carbons (Fsp3) is 0.371. The van der Waals surface area contributed by atoms with Crippen LogP contribution in [0, 0.1) is 0 Å². The number of pyridine rings is 1. The Morgan fingerprint density at radius 3 is 2.38 bits per heavy atom. The van der Waals surface area contributed by atoms with Gasteiger partial charge in [-0.3, -0.25) is 9.59 Å². The summed E-state index contributed by atoms with van der Waals surface area (Å²) in [6.07, 6.45) is 7.34. The first-order valence-electron chi connectivity index (χ1n) is 15.3. The van der Waals surface area contributed by atoms with Gasteiger partial charge in [-0.1, -0.05) is 26.5 Å². The first-order valence-corrected chi connectivity index (χ1v) is 15.3. The Kier molecular flexibility index (Phi) is 12.3. The lowest BCUT2D eigenvalue weighted by molar-refractivity contribution is -0.125. The summed E-state index contributed by atoms with van der Waals surface area (Å²) < 4.78 is 58.0. The molecule has 3 rings (SSSR count). The number of alkyl halides is 3. The van der Waals surface area contributed by atoms with E-state index in [4.69, 9.17) is 0 Å². The van der Waals surface area contributed by atoms with E-state index in [-0.39, 0.29) is 28.0 Å². The molecule has 252 valence electrons. The second kappa shape index (κ2) is 15.7. The van der Waals surface area contributed by atoms with Gasteiger partial charge in [-0.2, -0.15) is 13.2 Å². The zero-order chi connectivity index (χ0) is 35.1. The molecule has 1 aliphatic heterocycles. The van der Waals surface area contributed by atoms with Crippen LogP contribution in [0.4, 0.5) is 17.6 Å². The zero-order valence-electron chi connectivity index (χ0n) is 27.8. The highest BCUT2D eigenvalue weighted by Gasteiger charge is 2.36. The highest BCUT2D eigenvalue weighted by Crippen LogP contribution is 2.32. The number of carbonyl (C=O) groups excluding carboxylic acids is 1. The minimum Gasteiger partial charge on any atom is -0.382 e. The van der Waals surface area contributed by atoms with Crippen molar-refractivity contribution in [2.75, 3.05) is 20.6 Å². The van der Waals surface area contributed by atoms with Crippen LogP contribution in [0.3, 0.4) is 0 Å². The molecule has 0 fully saturated rings. The van der Waals surface area contributed by atoms with Gasteiger partial charge >= 0.3 is 6.18 Å². The SMILES string of the molecule is C=C1C(=O)N(C)CC\C(c2cnc(-c3ccn(C)c(=O)c3CC)nc2)=C/C1=C(/C=C(\C)F)[C@@H](C)NC(/C=C\CC)=C(/NC)C(F)(F)F. The number of carbonyl (C=O) groups is 1. The topological polar surface area (TPSA) is 92.2 Å². The molecule has 0 saturated heterocycles. The van der Waals surface area contributed by atoms with E-state index >= 15 is 0 Å². The van der Waals surface area contributed by atoms with E-state index in [1.165, 1.54) is 35.6 Å². The maximum absolute atomic E-state index is 14.6. The van der Waals surface area contributed by atoms with Gasteiger partial charge in [0.1, 0.15) is 5.70 Å². The standard InChI is InChI=1S/C35H42F4N6O2/c1-9-11-12-30(31(40-6)35(37,38)39)43-23(5)29(17-21(3)36)28-18-24(13-15-44(7)33(46)22(28)4)25-19-41-32(42-20-25)27-14-16-45(8)34(47)26(27)10-2/h11-12,14,16-20,23,40,43H,4,9-10,13,15H2,1-3,5-8H3/b12-11-,21-17+,24-18+,29-28+,31-30+/t23-/m1/s1. The van der Waals surface area contributed by atoms with Crippen LogP contribution < -0.4 is 16.2 Å². The lowest BCUT2D eigenvalue weighted by Gasteiger charge is -2.27. The summed E-state index contributed by atoms with van der Waals surface area (Å²) in [7, 11) is 4.47. The zero-order valence-corrected chi connectivity index (χ0v) is 27.8. The monoisotopic (exact) mass is 654 g/mol. The fourth-order valence-corrected chi connectivity index (χ4v) is 5.25. The van der Waals surface area contributed by atoms with Gasteiger partial charge in [-0.25, -0.2) is 14.4 Å². The number of allylic oxidation sites excluding steroid dienone is 5. The molecule has 0 radical (unpaired) electrons. The van der Waals surface area contributed by atoms with Crippen LogP contribution in [0.2, 0.25) is 0 Å². The Balaban J connectivity index is 2.24. The molecule has 1 atom stereocenters. The third-order valence-corrected chi connectivity index (χ3v) is 7.78. The van der Waals surface area contributed by atoms with Gasteiger partial charge < -0.3 is 20.1 Å². The van der Waals surface area contributed by atoms with Gasteiger partial charge in [-0.15, -0.1) is 0 Å². The van der Waals surface area contributed by atoms with Crippen molar-refractivity contribution in [1.82, 2.24) is 30.1 Å². The molecule has 1 amide bonds. The van der Waals surface area contributed by atoms with E-state index in [0.717, 1.165) is 0 Å². The molecule has 8 nitrogen and oxygen atoms in total. The van der Waals surface area contributed by atoms with Crippen LogP contribution >= 0.6 is 0 Å². The summed E-state index contributed by atoms with van der Waals surface area (Å²) in [5, 5.41) is 5.11. The van der Waals surface area contributed by atoms with Crippen LogP contribution in [0.5, 0.6) is 0 Å². The van der Waals surface area contributed by atoms with E-state index in [1.54, 1.807) is 64.8 Å². The molecular formula is C35H42F4N6O2. The molecule has 0 aromatic carbocycles.